The number of nitrogens with one attached hydrogen (secondary N) is 1. The van der Waals surface area contributed by atoms with Gasteiger partial charge < -0.3 is 66.6 Å². The lowest BCUT2D eigenvalue weighted by Gasteiger charge is -2.50. The summed E-state index contributed by atoms with van der Waals surface area (Å²) in [5.41, 5.74) is 15.1. The Labute approximate surface area is 549 Å². The molecule has 1 N–H and O–H groups in total. The van der Waals surface area contributed by atoms with Crippen LogP contribution in [0.2, 0.25) is 30.7 Å². The third kappa shape index (κ3) is 20.5. The predicted molar refractivity (Wildman–Crippen MR) is 361 cm³/mol. The Balaban J connectivity index is 1.13. The molecule has 0 aromatic heterocycles. The zero-order valence-electron chi connectivity index (χ0n) is 54.4. The Hall–Kier alpha value is -7.09. The maximum absolute atomic E-state index is 13.1. The van der Waals surface area contributed by atoms with E-state index in [1.807, 2.05) is 182 Å². The summed E-state index contributed by atoms with van der Waals surface area (Å²) in [6, 6.07) is 66.9. The van der Waals surface area contributed by atoms with Crippen molar-refractivity contribution < 1.29 is 66.1 Å². The summed E-state index contributed by atoms with van der Waals surface area (Å²) in [7, 11) is -3.18. The average Bonchev–Trinajstić information content (AvgIpc) is 0.756. The van der Waals surface area contributed by atoms with Gasteiger partial charge in [0.25, 0.3) is 8.32 Å². The Morgan fingerprint density at radius 2 is 1.01 bits per heavy atom. The van der Waals surface area contributed by atoms with Gasteiger partial charge in [-0.05, 0) is 66.9 Å². The smallest absolute Gasteiger partial charge is 0.407 e. The highest BCUT2D eigenvalue weighted by molar-refractivity contribution is 6.99. The molecule has 2 heterocycles. The minimum absolute atomic E-state index is 0.0119. The van der Waals surface area contributed by atoms with Crippen LogP contribution in [0, 0.1) is 0 Å². The van der Waals surface area contributed by atoms with Crippen LogP contribution in [0.25, 0.3) is 10.4 Å². The molecule has 0 radical (unpaired) electrons. The van der Waals surface area contributed by atoms with Gasteiger partial charge in [-0.1, -0.05) is 240 Å². The van der Waals surface area contributed by atoms with E-state index in [1.165, 1.54) is 0 Å². The van der Waals surface area contributed by atoms with Crippen LogP contribution in [0.4, 0.5) is 4.79 Å². The Morgan fingerprint density at radius 1 is 0.527 bits per heavy atom. The molecular formula is C73H90N4O14Si2. The molecule has 9 rings (SSSR count). The van der Waals surface area contributed by atoms with Crippen LogP contribution in [-0.2, 0) is 89.6 Å². The van der Waals surface area contributed by atoms with E-state index in [9.17, 15) is 10.3 Å². The molecule has 20 heteroatoms. The van der Waals surface area contributed by atoms with E-state index in [4.69, 9.17) is 61.3 Å². The summed E-state index contributed by atoms with van der Waals surface area (Å²) in [5, 5.41) is 9.04. The topological polar surface area (TPSA) is 198 Å². The van der Waals surface area contributed by atoms with Crippen molar-refractivity contribution in [2.75, 3.05) is 46.9 Å². The van der Waals surface area contributed by atoms with Crippen LogP contribution < -0.4 is 20.4 Å². The number of alkyl carbamates (subject to hydrolysis) is 1. The molecule has 0 spiro atoms. The monoisotopic (exact) mass is 1300 g/mol. The first-order valence-electron chi connectivity index (χ1n) is 31.9. The number of nitrogens with zero attached hydrogens (tertiary/aromatic N) is 3. The third-order valence-electron chi connectivity index (χ3n) is 16.3. The first-order chi connectivity index (χ1) is 45.2. The molecule has 0 aliphatic carbocycles. The lowest BCUT2D eigenvalue weighted by atomic mass is 9.95. The predicted octanol–water partition coefficient (Wildman–Crippen LogP) is 12.7. The average molecular weight is 1300 g/mol. The number of rotatable bonds is 34. The van der Waals surface area contributed by atoms with Crippen molar-refractivity contribution in [2.45, 2.75) is 146 Å². The molecule has 93 heavy (non-hydrogen) atoms. The SMILES string of the molecule is COc1ccc(COC[C@H]2O[C@@H](OCCNC(=O)OCc3ccccc3)[C@H](OCc3ccccc3)[C@@H](OCc3ccccc3)[C@@H]2O[C@@H]2O[C@H](CO[Si](c3ccccc3)(c3ccccc3)C(C)(C)C)[C@@H](OCc3ccccc3)[C@H](OCOCC[Si](C)(C)C)[C@H]2N=[N+]=[N-])cc1. The second-order valence-electron chi connectivity index (χ2n) is 25.3. The van der Waals surface area contributed by atoms with E-state index in [1.54, 1.807) is 7.11 Å². The van der Waals surface area contributed by atoms with E-state index in [-0.39, 0.29) is 66.2 Å². The Morgan fingerprint density at radius 3 is 1.53 bits per heavy atom. The standard InChI is InChI=1S/C73H90N4O14Si2/c1-73(2,3)93(60-34-22-12-23-35-60,61-36-24-13-25-37-61)88-52-63-65(83-47-54-26-14-8-15-27-54)67(87-53-80-44-45-92(5,6)7)64(76-77-74)70(89-63)91-66-62(51-81-46-58-38-40-59(79-4)41-39-58)90-71(82-43-42-75-72(78)86-50-57-32-20-11-21-33-57)69(85-49-56-30-18-10-19-31-56)68(66)84-48-55-28-16-9-17-29-55/h8-41,62-71H,42-53H2,1-7H3,(H,75,78)/t62-,63-,64-,65-,66-,67-,68+,69-,70+,71-/m1/s1. The highest BCUT2D eigenvalue weighted by Gasteiger charge is 2.56. The molecule has 18 nitrogen and oxygen atoms in total. The van der Waals surface area contributed by atoms with E-state index >= 15 is 0 Å². The number of carbonyl (C=O) groups excluding carboxylic acids is 1. The number of hydrogen-bond donors (Lipinski definition) is 1. The summed E-state index contributed by atoms with van der Waals surface area (Å²) in [5.74, 6) is 0.701. The van der Waals surface area contributed by atoms with Crippen LogP contribution in [0.15, 0.2) is 211 Å². The lowest BCUT2D eigenvalue weighted by molar-refractivity contribution is -0.361. The van der Waals surface area contributed by atoms with Crippen molar-refractivity contribution in [3.63, 3.8) is 0 Å². The highest BCUT2D eigenvalue weighted by atomic mass is 28.4. The molecule has 2 aliphatic heterocycles. The maximum atomic E-state index is 13.1. The van der Waals surface area contributed by atoms with Gasteiger partial charge in [0.2, 0.25) is 0 Å². The van der Waals surface area contributed by atoms with Crippen molar-refractivity contribution in [2.24, 2.45) is 5.11 Å². The van der Waals surface area contributed by atoms with Crippen LogP contribution >= 0.6 is 0 Å². The van der Waals surface area contributed by atoms with Gasteiger partial charge in [0.1, 0.15) is 67.9 Å². The first-order valence-corrected chi connectivity index (χ1v) is 37.5. The van der Waals surface area contributed by atoms with E-state index < -0.39 is 88.9 Å². The fourth-order valence-corrected chi connectivity index (χ4v) is 16.8. The minimum Gasteiger partial charge on any atom is -0.497 e. The molecule has 10 atom stereocenters. The van der Waals surface area contributed by atoms with Gasteiger partial charge in [-0.25, -0.2) is 4.79 Å². The summed E-state index contributed by atoms with van der Waals surface area (Å²) in [4.78, 5) is 16.5. The second kappa shape index (κ2) is 35.4. The van der Waals surface area contributed by atoms with Gasteiger partial charge in [0.15, 0.2) is 12.6 Å². The Bertz CT molecular complexity index is 3280. The number of azide groups is 1. The van der Waals surface area contributed by atoms with Gasteiger partial charge in [-0.15, -0.1) is 0 Å². The minimum atomic E-state index is -3.27. The van der Waals surface area contributed by atoms with Crippen LogP contribution in [0.1, 0.15) is 48.6 Å². The van der Waals surface area contributed by atoms with E-state index in [0.29, 0.717) is 12.4 Å². The van der Waals surface area contributed by atoms with Crippen molar-refractivity contribution in [1.82, 2.24) is 5.32 Å². The van der Waals surface area contributed by atoms with Crippen molar-refractivity contribution in [3.05, 3.63) is 245 Å². The van der Waals surface area contributed by atoms with Gasteiger partial charge in [-0.2, -0.15) is 0 Å². The van der Waals surface area contributed by atoms with Crippen LogP contribution in [0.5, 0.6) is 5.75 Å². The molecule has 0 bridgehead atoms. The molecule has 2 aliphatic rings. The molecular weight excluding hydrogens is 1210 g/mol. The molecule has 2 fully saturated rings. The van der Waals surface area contributed by atoms with Crippen molar-refractivity contribution in [1.29, 1.82) is 0 Å². The second-order valence-corrected chi connectivity index (χ2v) is 35.3. The quantitative estimate of drug-likeness (QED) is 0.00998. The summed E-state index contributed by atoms with van der Waals surface area (Å²) < 4.78 is 88.6. The van der Waals surface area contributed by atoms with Gasteiger partial charge in [0.05, 0.1) is 53.4 Å². The van der Waals surface area contributed by atoms with Crippen molar-refractivity contribution in [3.8, 4) is 5.75 Å². The Kier molecular flexibility index (Phi) is 26.8. The summed E-state index contributed by atoms with van der Waals surface area (Å²) in [6.45, 7) is 14.4. The lowest BCUT2D eigenvalue weighted by Crippen LogP contribution is -2.69. The maximum Gasteiger partial charge on any atom is 0.407 e. The number of amides is 1. The molecule has 2 saturated heterocycles. The molecule has 7 aromatic rings. The zero-order valence-corrected chi connectivity index (χ0v) is 56.4. The van der Waals surface area contributed by atoms with Gasteiger partial charge in [-0.3, -0.25) is 0 Å². The fourth-order valence-electron chi connectivity index (χ4n) is 11.5. The zero-order chi connectivity index (χ0) is 65.3. The number of carbonyl (C=O) groups is 1. The normalized spacial score (nSPS) is 21.7. The van der Waals surface area contributed by atoms with E-state index in [2.05, 4.69) is 80.0 Å². The largest absolute Gasteiger partial charge is 0.497 e. The fraction of sp³-hybridized carbons (Fsp3) is 0.411. The number of hydrogen-bond acceptors (Lipinski definition) is 15. The first kappa shape index (κ1) is 70.2. The van der Waals surface area contributed by atoms with Crippen molar-refractivity contribution >= 4 is 32.9 Å². The van der Waals surface area contributed by atoms with Gasteiger partial charge in [0, 0.05) is 26.1 Å². The number of methoxy groups -OCH3 is 1. The summed E-state index contributed by atoms with van der Waals surface area (Å²) >= 11 is 0. The molecule has 0 unspecified atom stereocenters. The highest BCUT2D eigenvalue weighted by Crippen LogP contribution is 2.40. The summed E-state index contributed by atoms with van der Waals surface area (Å²) in [6.07, 6.45) is -10.2. The molecule has 0 saturated carbocycles. The van der Waals surface area contributed by atoms with Crippen LogP contribution in [-0.4, -0.2) is 131 Å². The third-order valence-corrected chi connectivity index (χ3v) is 23.0. The molecule has 494 valence electrons. The molecule has 7 aromatic carbocycles. The number of benzene rings is 7. The molecule has 1 amide bonds. The van der Waals surface area contributed by atoms with E-state index in [0.717, 1.165) is 44.2 Å². The van der Waals surface area contributed by atoms with Gasteiger partial charge >= 0.3 is 6.09 Å². The number of ether oxygens (including phenoxy) is 12. The van der Waals surface area contributed by atoms with Crippen LogP contribution in [0.3, 0.4) is 0 Å².